The Kier molecular flexibility index (Phi) is 2.45. The van der Waals surface area contributed by atoms with Crippen LogP contribution in [-0.4, -0.2) is 17.0 Å². The van der Waals surface area contributed by atoms with E-state index in [0.717, 1.165) is 10.8 Å². The van der Waals surface area contributed by atoms with E-state index in [0.29, 0.717) is 0 Å². The lowest BCUT2D eigenvalue weighted by Crippen LogP contribution is -1.84. The van der Waals surface area contributed by atoms with Gasteiger partial charge in [-0.25, -0.2) is 4.98 Å². The molecule has 0 spiro atoms. The van der Waals surface area contributed by atoms with E-state index in [-0.39, 0.29) is 0 Å². The molecule has 0 radical (unpaired) electrons. The molecule has 2 aromatic heterocycles. The van der Waals surface area contributed by atoms with Gasteiger partial charge < -0.3 is 5.32 Å². The van der Waals surface area contributed by atoms with E-state index in [1.807, 2.05) is 26.1 Å². The van der Waals surface area contributed by atoms with E-state index >= 15 is 0 Å². The van der Waals surface area contributed by atoms with Crippen LogP contribution in [0.15, 0.2) is 24.5 Å². The van der Waals surface area contributed by atoms with Crippen molar-refractivity contribution in [3.8, 4) is 10.4 Å². The summed E-state index contributed by atoms with van der Waals surface area (Å²) in [5.41, 5.74) is 2.24. The molecule has 72 valence electrons. The van der Waals surface area contributed by atoms with Crippen molar-refractivity contribution in [2.75, 3.05) is 12.4 Å². The van der Waals surface area contributed by atoms with Crippen LogP contribution < -0.4 is 5.32 Å². The summed E-state index contributed by atoms with van der Waals surface area (Å²) in [5, 5.41) is 4.00. The van der Waals surface area contributed by atoms with Crippen molar-refractivity contribution in [1.82, 2.24) is 9.97 Å². The summed E-state index contributed by atoms with van der Waals surface area (Å²) in [7, 11) is 1.88. The van der Waals surface area contributed by atoms with E-state index in [1.54, 1.807) is 23.7 Å². The van der Waals surface area contributed by atoms with E-state index in [2.05, 4.69) is 15.3 Å². The molecule has 2 heterocycles. The van der Waals surface area contributed by atoms with Crippen molar-refractivity contribution >= 4 is 16.5 Å². The van der Waals surface area contributed by atoms with E-state index in [4.69, 9.17) is 0 Å². The highest BCUT2D eigenvalue weighted by Crippen LogP contribution is 2.31. The molecule has 0 saturated heterocycles. The number of nitrogens with one attached hydrogen (secondary N) is 1. The number of nitrogens with zero attached hydrogens (tertiary/aromatic N) is 2. The smallest absolute Gasteiger partial charge is 0.183 e. The Bertz CT molecular complexity index is 422. The number of hydrogen-bond donors (Lipinski definition) is 1. The van der Waals surface area contributed by atoms with Crippen LogP contribution in [0, 0.1) is 6.92 Å². The molecule has 0 aromatic carbocycles. The second-order valence-electron chi connectivity index (χ2n) is 2.92. The first-order valence-corrected chi connectivity index (χ1v) is 5.18. The number of anilines is 1. The number of pyridine rings is 1. The Morgan fingerprint density at radius 2 is 2.00 bits per heavy atom. The first kappa shape index (κ1) is 9.15. The molecule has 4 heteroatoms. The van der Waals surface area contributed by atoms with Gasteiger partial charge >= 0.3 is 0 Å². The van der Waals surface area contributed by atoms with Gasteiger partial charge in [-0.1, -0.05) is 11.3 Å². The van der Waals surface area contributed by atoms with E-state index < -0.39 is 0 Å². The average Bonchev–Trinajstić information content (AvgIpc) is 2.61. The number of rotatable bonds is 2. The third kappa shape index (κ3) is 1.61. The molecule has 0 aliphatic rings. The van der Waals surface area contributed by atoms with Gasteiger partial charge in [0.15, 0.2) is 5.13 Å². The maximum atomic E-state index is 4.39. The highest BCUT2D eigenvalue weighted by atomic mass is 32.1. The van der Waals surface area contributed by atoms with Gasteiger partial charge in [-0.15, -0.1) is 0 Å². The molecule has 0 aliphatic heterocycles. The summed E-state index contributed by atoms with van der Waals surface area (Å²) < 4.78 is 0. The van der Waals surface area contributed by atoms with Crippen molar-refractivity contribution in [2.24, 2.45) is 0 Å². The van der Waals surface area contributed by atoms with Crippen LogP contribution >= 0.6 is 11.3 Å². The highest BCUT2D eigenvalue weighted by molar-refractivity contribution is 7.19. The largest absolute Gasteiger partial charge is 0.365 e. The van der Waals surface area contributed by atoms with Crippen LogP contribution in [-0.2, 0) is 0 Å². The first-order chi connectivity index (χ1) is 6.81. The third-order valence-electron chi connectivity index (χ3n) is 1.95. The van der Waals surface area contributed by atoms with Gasteiger partial charge in [0.25, 0.3) is 0 Å². The van der Waals surface area contributed by atoms with Crippen LogP contribution in [0.25, 0.3) is 10.4 Å². The maximum Gasteiger partial charge on any atom is 0.183 e. The van der Waals surface area contributed by atoms with Crippen LogP contribution in [0.1, 0.15) is 5.69 Å². The van der Waals surface area contributed by atoms with Crippen molar-refractivity contribution in [1.29, 1.82) is 0 Å². The van der Waals surface area contributed by atoms with Crippen molar-refractivity contribution in [3.05, 3.63) is 30.2 Å². The van der Waals surface area contributed by atoms with Gasteiger partial charge in [-0.3, -0.25) is 4.98 Å². The molecule has 0 bridgehead atoms. The predicted octanol–water partition coefficient (Wildman–Crippen LogP) is 2.56. The van der Waals surface area contributed by atoms with Gasteiger partial charge in [-0.05, 0) is 24.6 Å². The lowest BCUT2D eigenvalue weighted by atomic mass is 10.2. The minimum absolute atomic E-state index is 0.953. The molecular formula is C10H11N3S. The fourth-order valence-electron chi connectivity index (χ4n) is 1.27. The van der Waals surface area contributed by atoms with Crippen LogP contribution in [0.4, 0.5) is 5.13 Å². The molecule has 3 nitrogen and oxygen atoms in total. The standard InChI is InChI=1S/C10H11N3S/c1-7-9(14-10(11-2)13-7)8-3-5-12-6-4-8/h3-6H,1-2H3,(H,11,13). The van der Waals surface area contributed by atoms with Gasteiger partial charge in [0.05, 0.1) is 10.6 Å². The van der Waals surface area contributed by atoms with Crippen LogP contribution in [0.5, 0.6) is 0 Å². The lowest BCUT2D eigenvalue weighted by Gasteiger charge is -1.95. The van der Waals surface area contributed by atoms with Crippen LogP contribution in [0.2, 0.25) is 0 Å². The number of hydrogen-bond acceptors (Lipinski definition) is 4. The summed E-state index contributed by atoms with van der Waals surface area (Å²) in [6.07, 6.45) is 3.60. The van der Waals surface area contributed by atoms with Gasteiger partial charge in [0, 0.05) is 19.4 Å². The van der Waals surface area contributed by atoms with Gasteiger partial charge in [0.1, 0.15) is 0 Å². The quantitative estimate of drug-likeness (QED) is 0.818. The molecule has 0 unspecified atom stereocenters. The molecule has 0 atom stereocenters. The first-order valence-electron chi connectivity index (χ1n) is 4.37. The predicted molar refractivity (Wildman–Crippen MR) is 59.6 cm³/mol. The normalized spacial score (nSPS) is 10.1. The molecular weight excluding hydrogens is 194 g/mol. The monoisotopic (exact) mass is 205 g/mol. The molecule has 0 aliphatic carbocycles. The second-order valence-corrected chi connectivity index (χ2v) is 3.92. The molecule has 0 amide bonds. The highest BCUT2D eigenvalue weighted by Gasteiger charge is 2.07. The lowest BCUT2D eigenvalue weighted by molar-refractivity contribution is 1.25. The molecule has 2 aromatic rings. The minimum atomic E-state index is 0.953. The molecule has 14 heavy (non-hydrogen) atoms. The number of aromatic nitrogens is 2. The maximum absolute atomic E-state index is 4.39. The SMILES string of the molecule is CNc1nc(C)c(-c2ccncc2)s1. The zero-order valence-electron chi connectivity index (χ0n) is 8.11. The summed E-state index contributed by atoms with van der Waals surface area (Å²) in [6.45, 7) is 2.02. The minimum Gasteiger partial charge on any atom is -0.365 e. The van der Waals surface area contributed by atoms with Crippen molar-refractivity contribution < 1.29 is 0 Å². The van der Waals surface area contributed by atoms with Crippen molar-refractivity contribution in [2.45, 2.75) is 6.92 Å². The zero-order chi connectivity index (χ0) is 9.97. The molecule has 2 rings (SSSR count). The summed E-state index contributed by atoms with van der Waals surface area (Å²) in [4.78, 5) is 9.59. The van der Waals surface area contributed by atoms with Gasteiger partial charge in [-0.2, -0.15) is 0 Å². The second kappa shape index (κ2) is 3.75. The topological polar surface area (TPSA) is 37.8 Å². The molecule has 0 saturated carbocycles. The summed E-state index contributed by atoms with van der Waals surface area (Å²) >= 11 is 1.66. The van der Waals surface area contributed by atoms with Crippen LogP contribution in [0.3, 0.4) is 0 Å². The third-order valence-corrected chi connectivity index (χ3v) is 3.18. The summed E-state index contributed by atoms with van der Waals surface area (Å²) in [5.74, 6) is 0. The summed E-state index contributed by atoms with van der Waals surface area (Å²) in [6, 6.07) is 4.00. The molecule has 1 N–H and O–H groups in total. The number of thiazole rings is 1. The Morgan fingerprint density at radius 3 is 2.57 bits per heavy atom. The zero-order valence-corrected chi connectivity index (χ0v) is 8.93. The Hall–Kier alpha value is -1.42. The van der Waals surface area contributed by atoms with E-state index in [9.17, 15) is 0 Å². The van der Waals surface area contributed by atoms with E-state index in [1.165, 1.54) is 10.4 Å². The molecule has 0 fully saturated rings. The number of aryl methyl sites for hydroxylation is 1. The Labute approximate surface area is 86.8 Å². The van der Waals surface area contributed by atoms with Gasteiger partial charge in [0.2, 0.25) is 0 Å². The average molecular weight is 205 g/mol. The van der Waals surface area contributed by atoms with Crippen molar-refractivity contribution in [3.63, 3.8) is 0 Å². The Balaban J connectivity index is 2.46. The fraction of sp³-hybridized carbons (Fsp3) is 0.200. The Morgan fingerprint density at radius 1 is 1.29 bits per heavy atom. The fourth-order valence-corrected chi connectivity index (χ4v) is 2.20.